The number of nitrogens with one attached hydrogen (secondary N) is 2. The predicted octanol–water partition coefficient (Wildman–Crippen LogP) is 4.67. The number of rotatable bonds is 4. The molecule has 0 unspecified atom stereocenters. The minimum absolute atomic E-state index is 0.265. The molecule has 2 aromatic rings. The Morgan fingerprint density at radius 3 is 2.44 bits per heavy atom. The van der Waals surface area contributed by atoms with Gasteiger partial charge in [-0.3, -0.25) is 20.4 Å². The van der Waals surface area contributed by atoms with Gasteiger partial charge in [0.25, 0.3) is 11.8 Å². The number of hydrogen-bond donors (Lipinski definition) is 2. The Morgan fingerprint density at radius 1 is 1.08 bits per heavy atom. The molecule has 0 aliphatic carbocycles. The van der Waals surface area contributed by atoms with E-state index in [0.29, 0.717) is 15.1 Å². The van der Waals surface area contributed by atoms with Gasteiger partial charge in [0.1, 0.15) is 0 Å². The third-order valence-electron chi connectivity index (χ3n) is 3.06. The zero-order chi connectivity index (χ0) is 18.6. The lowest BCUT2D eigenvalue weighted by molar-refractivity contribution is -0.123. The van der Waals surface area contributed by atoms with E-state index in [1.807, 2.05) is 6.92 Å². The molecular formula is C16H12Br2Cl2N2O3. The Labute approximate surface area is 171 Å². The molecule has 0 atom stereocenters. The molecule has 25 heavy (non-hydrogen) atoms. The summed E-state index contributed by atoms with van der Waals surface area (Å²) >= 11 is 18.5. The van der Waals surface area contributed by atoms with E-state index in [0.717, 1.165) is 10.0 Å². The first-order chi connectivity index (χ1) is 11.8. The first-order valence-electron chi connectivity index (χ1n) is 6.90. The second-order valence-electron chi connectivity index (χ2n) is 4.95. The number of halogens is 4. The van der Waals surface area contributed by atoms with E-state index in [9.17, 15) is 9.59 Å². The van der Waals surface area contributed by atoms with Crippen LogP contribution in [-0.2, 0) is 4.79 Å². The first-order valence-corrected chi connectivity index (χ1v) is 9.25. The van der Waals surface area contributed by atoms with Crippen molar-refractivity contribution < 1.29 is 14.3 Å². The fourth-order valence-corrected chi connectivity index (χ4v) is 3.52. The van der Waals surface area contributed by atoms with Crippen molar-refractivity contribution in [3.05, 3.63) is 60.4 Å². The third-order valence-corrected chi connectivity index (χ3v) is 5.00. The number of ether oxygens (including phenoxy) is 1. The zero-order valence-corrected chi connectivity index (χ0v) is 17.5. The SMILES string of the molecule is Cc1ccc(C(=O)NNC(=O)COc2c(Cl)cc(Cl)cc2Br)cc1Br. The highest BCUT2D eigenvalue weighted by Gasteiger charge is 2.12. The van der Waals surface area contributed by atoms with Gasteiger partial charge in [0.2, 0.25) is 0 Å². The maximum Gasteiger partial charge on any atom is 0.276 e. The molecule has 132 valence electrons. The van der Waals surface area contributed by atoms with Crippen molar-refractivity contribution in [2.45, 2.75) is 6.92 Å². The lowest BCUT2D eigenvalue weighted by atomic mass is 10.1. The topological polar surface area (TPSA) is 67.4 Å². The van der Waals surface area contributed by atoms with Crippen LogP contribution in [0.2, 0.25) is 10.0 Å². The molecule has 0 saturated heterocycles. The Hall–Kier alpha value is -1.28. The van der Waals surface area contributed by atoms with Crippen LogP contribution in [0, 0.1) is 6.92 Å². The Kier molecular flexibility index (Phi) is 7.13. The summed E-state index contributed by atoms with van der Waals surface area (Å²) < 4.78 is 6.67. The van der Waals surface area contributed by atoms with Crippen LogP contribution in [0.15, 0.2) is 39.3 Å². The molecule has 2 amide bonds. The summed E-state index contributed by atoms with van der Waals surface area (Å²) in [7, 11) is 0. The van der Waals surface area contributed by atoms with Gasteiger partial charge in [-0.15, -0.1) is 0 Å². The van der Waals surface area contributed by atoms with Crippen molar-refractivity contribution in [2.24, 2.45) is 0 Å². The maximum atomic E-state index is 12.0. The number of amides is 2. The molecule has 9 heteroatoms. The van der Waals surface area contributed by atoms with Crippen molar-refractivity contribution in [3.8, 4) is 5.75 Å². The summed E-state index contributed by atoms with van der Waals surface area (Å²) in [6.07, 6.45) is 0. The Bertz CT molecular complexity index is 808. The van der Waals surface area contributed by atoms with Crippen LogP contribution in [-0.4, -0.2) is 18.4 Å². The van der Waals surface area contributed by atoms with E-state index in [1.54, 1.807) is 24.3 Å². The average molecular weight is 511 g/mol. The number of carbonyl (C=O) groups is 2. The van der Waals surface area contributed by atoms with Gasteiger partial charge in [0.15, 0.2) is 12.4 Å². The second-order valence-corrected chi connectivity index (χ2v) is 7.51. The summed E-state index contributed by atoms with van der Waals surface area (Å²) in [4.78, 5) is 23.8. The lowest BCUT2D eigenvalue weighted by Gasteiger charge is -2.11. The van der Waals surface area contributed by atoms with Crippen molar-refractivity contribution >= 4 is 66.9 Å². The van der Waals surface area contributed by atoms with Gasteiger partial charge in [-0.05, 0) is 52.7 Å². The molecule has 0 saturated carbocycles. The van der Waals surface area contributed by atoms with Crippen LogP contribution in [0.3, 0.4) is 0 Å². The normalized spacial score (nSPS) is 10.3. The largest absolute Gasteiger partial charge is 0.481 e. The molecule has 2 aromatic carbocycles. The summed E-state index contributed by atoms with van der Waals surface area (Å²) in [5.41, 5.74) is 5.99. The number of benzene rings is 2. The lowest BCUT2D eigenvalue weighted by Crippen LogP contribution is -2.43. The van der Waals surface area contributed by atoms with Crippen molar-refractivity contribution in [1.82, 2.24) is 10.9 Å². The van der Waals surface area contributed by atoms with Crippen LogP contribution in [0.5, 0.6) is 5.75 Å². The molecule has 2 rings (SSSR count). The monoisotopic (exact) mass is 508 g/mol. The molecule has 5 nitrogen and oxygen atoms in total. The number of aryl methyl sites for hydroxylation is 1. The van der Waals surface area contributed by atoms with Gasteiger partial charge < -0.3 is 4.74 Å². The van der Waals surface area contributed by atoms with Crippen LogP contribution in [0.1, 0.15) is 15.9 Å². The van der Waals surface area contributed by atoms with E-state index in [-0.39, 0.29) is 17.4 Å². The minimum atomic E-state index is -0.544. The quantitative estimate of drug-likeness (QED) is 0.588. The van der Waals surface area contributed by atoms with Crippen molar-refractivity contribution in [3.63, 3.8) is 0 Å². The summed E-state index contributed by atoms with van der Waals surface area (Å²) in [5, 5.41) is 0.700. The number of hydrazine groups is 1. The van der Waals surface area contributed by atoms with Gasteiger partial charge in [-0.25, -0.2) is 0 Å². The van der Waals surface area contributed by atoms with E-state index in [2.05, 4.69) is 42.7 Å². The number of carbonyl (C=O) groups excluding carboxylic acids is 2. The molecule has 0 bridgehead atoms. The maximum absolute atomic E-state index is 12.0. The molecule has 2 N–H and O–H groups in total. The van der Waals surface area contributed by atoms with Gasteiger partial charge in [0.05, 0.1) is 9.50 Å². The number of hydrogen-bond acceptors (Lipinski definition) is 3. The molecule has 0 heterocycles. The van der Waals surface area contributed by atoms with E-state index in [1.165, 1.54) is 6.07 Å². The van der Waals surface area contributed by atoms with E-state index < -0.39 is 11.8 Å². The van der Waals surface area contributed by atoms with Gasteiger partial charge >= 0.3 is 0 Å². The van der Waals surface area contributed by atoms with Crippen LogP contribution < -0.4 is 15.6 Å². The zero-order valence-electron chi connectivity index (χ0n) is 12.8. The molecular weight excluding hydrogens is 499 g/mol. The van der Waals surface area contributed by atoms with Crippen molar-refractivity contribution in [2.75, 3.05) is 6.61 Å². The van der Waals surface area contributed by atoms with E-state index in [4.69, 9.17) is 27.9 Å². The smallest absolute Gasteiger partial charge is 0.276 e. The highest BCUT2D eigenvalue weighted by molar-refractivity contribution is 9.10. The molecule has 0 radical (unpaired) electrons. The van der Waals surface area contributed by atoms with Crippen molar-refractivity contribution in [1.29, 1.82) is 0 Å². The fraction of sp³-hybridized carbons (Fsp3) is 0.125. The molecule has 0 spiro atoms. The highest BCUT2D eigenvalue weighted by Crippen LogP contribution is 2.35. The average Bonchev–Trinajstić information content (AvgIpc) is 2.54. The van der Waals surface area contributed by atoms with E-state index >= 15 is 0 Å². The molecule has 0 fully saturated rings. The predicted molar refractivity (Wildman–Crippen MR) is 104 cm³/mol. The summed E-state index contributed by atoms with van der Waals surface area (Å²) in [6.45, 7) is 1.57. The van der Waals surface area contributed by atoms with Gasteiger partial charge in [0, 0.05) is 15.1 Å². The third kappa shape index (κ3) is 5.60. The van der Waals surface area contributed by atoms with Crippen LogP contribution in [0.4, 0.5) is 0 Å². The van der Waals surface area contributed by atoms with Gasteiger partial charge in [-0.2, -0.15) is 0 Å². The summed E-state index contributed by atoms with van der Waals surface area (Å²) in [5.74, 6) is -0.702. The minimum Gasteiger partial charge on any atom is -0.481 e. The molecule has 0 aliphatic heterocycles. The van der Waals surface area contributed by atoms with Gasteiger partial charge in [-0.1, -0.05) is 45.2 Å². The molecule has 0 aliphatic rings. The standard InChI is InChI=1S/C16H12Br2Cl2N2O3/c1-8-2-3-9(4-11(8)17)16(24)22-21-14(23)7-25-15-12(18)5-10(19)6-13(15)20/h2-6H,7H2,1H3,(H,21,23)(H,22,24). The highest BCUT2D eigenvalue weighted by atomic mass is 79.9. The second kappa shape index (κ2) is 8.89. The fourth-order valence-electron chi connectivity index (χ4n) is 1.77. The first kappa shape index (κ1) is 20.0. The molecule has 0 aromatic heterocycles. The van der Waals surface area contributed by atoms with Crippen LogP contribution >= 0.6 is 55.1 Å². The Morgan fingerprint density at radius 2 is 1.80 bits per heavy atom. The summed E-state index contributed by atoms with van der Waals surface area (Å²) in [6, 6.07) is 8.21. The Balaban J connectivity index is 1.88. The van der Waals surface area contributed by atoms with Crippen LogP contribution in [0.25, 0.3) is 0 Å².